The first-order chi connectivity index (χ1) is 11.6. The maximum Gasteiger partial charge on any atom is 0.440 e. The highest BCUT2D eigenvalue weighted by Gasteiger charge is 2.39. The molecule has 9 heteroatoms. The minimum Gasteiger partial charge on any atom is -0.298 e. The minimum absolute atomic E-state index is 0.0639. The highest BCUT2D eigenvalue weighted by Crippen LogP contribution is 2.37. The van der Waals surface area contributed by atoms with Crippen LogP contribution in [0.15, 0.2) is 33.6 Å². The van der Waals surface area contributed by atoms with Gasteiger partial charge in [0.05, 0.1) is 11.0 Å². The van der Waals surface area contributed by atoms with Gasteiger partial charge in [0.2, 0.25) is 0 Å². The highest BCUT2D eigenvalue weighted by molar-refractivity contribution is 8.04. The first kappa shape index (κ1) is 18.5. The van der Waals surface area contributed by atoms with Gasteiger partial charge in [0, 0.05) is 45.6 Å². The molecule has 1 saturated heterocycles. The van der Waals surface area contributed by atoms with Gasteiger partial charge in [-0.25, -0.2) is 8.78 Å². The minimum atomic E-state index is -4.48. The molecule has 0 radical (unpaired) electrons. The zero-order valence-corrected chi connectivity index (χ0v) is 14.4. The Hall–Kier alpha value is -1.31. The fraction of sp³-hybridized carbons (Fsp3) is 0.625. The van der Waals surface area contributed by atoms with Gasteiger partial charge < -0.3 is 0 Å². The Morgan fingerprint density at radius 2 is 2.00 bits per heavy atom. The molecule has 3 nitrogen and oxygen atoms in total. The third kappa shape index (κ3) is 4.46. The van der Waals surface area contributed by atoms with Crippen molar-refractivity contribution in [1.29, 1.82) is 0 Å². The van der Waals surface area contributed by atoms with Crippen molar-refractivity contribution in [2.24, 2.45) is 5.10 Å². The average molecular weight is 379 g/mol. The molecular formula is C16H18F5N3S. The number of halogens is 5. The Morgan fingerprint density at radius 3 is 2.60 bits per heavy atom. The second kappa shape index (κ2) is 6.78. The Labute approximate surface area is 146 Å². The molecule has 1 unspecified atom stereocenters. The topological polar surface area (TPSA) is 18.8 Å². The summed E-state index contributed by atoms with van der Waals surface area (Å²) in [4.78, 5) is 3.05. The van der Waals surface area contributed by atoms with E-state index in [1.165, 1.54) is 24.9 Å². The summed E-state index contributed by atoms with van der Waals surface area (Å²) in [5.41, 5.74) is 1.90. The van der Waals surface area contributed by atoms with Gasteiger partial charge >= 0.3 is 6.18 Å². The molecule has 0 aliphatic carbocycles. The van der Waals surface area contributed by atoms with Crippen LogP contribution < -0.4 is 0 Å². The SMILES string of the molecule is CN1N=C(C2CC=C(CN3CCC(F)(F)CC3)S2)C=C=C1C(F)(F)F. The number of allylic oxidation sites excluding steroid dienone is 2. The number of rotatable bonds is 3. The molecule has 3 rings (SSSR count). The molecule has 3 heterocycles. The number of hydrazone groups is 1. The summed E-state index contributed by atoms with van der Waals surface area (Å²) in [5.74, 6) is -2.56. The van der Waals surface area contributed by atoms with Crippen molar-refractivity contribution in [2.75, 3.05) is 26.7 Å². The quantitative estimate of drug-likeness (QED) is 0.546. The summed E-state index contributed by atoms with van der Waals surface area (Å²) < 4.78 is 64.7. The molecule has 0 bridgehead atoms. The molecule has 25 heavy (non-hydrogen) atoms. The van der Waals surface area contributed by atoms with E-state index in [-0.39, 0.29) is 18.1 Å². The summed E-state index contributed by atoms with van der Waals surface area (Å²) in [5, 5.41) is 4.76. The Balaban J connectivity index is 1.57. The van der Waals surface area contributed by atoms with Crippen molar-refractivity contribution in [3.63, 3.8) is 0 Å². The van der Waals surface area contributed by atoms with E-state index in [1.807, 2.05) is 11.0 Å². The molecule has 0 spiro atoms. The Bertz CT molecular complexity index is 651. The number of hydrogen-bond donors (Lipinski definition) is 0. The van der Waals surface area contributed by atoms with Gasteiger partial charge in [0.1, 0.15) is 0 Å². The second-order valence-corrected chi connectivity index (χ2v) is 7.66. The lowest BCUT2D eigenvalue weighted by molar-refractivity contribution is -0.109. The third-order valence-corrected chi connectivity index (χ3v) is 5.68. The first-order valence-corrected chi connectivity index (χ1v) is 8.84. The zero-order chi connectivity index (χ0) is 18.2. The molecule has 138 valence electrons. The smallest absolute Gasteiger partial charge is 0.298 e. The van der Waals surface area contributed by atoms with Crippen LogP contribution in [-0.4, -0.2) is 59.7 Å². The van der Waals surface area contributed by atoms with Gasteiger partial charge in [-0.05, 0) is 11.3 Å². The van der Waals surface area contributed by atoms with E-state index in [4.69, 9.17) is 0 Å². The number of piperidine rings is 1. The lowest BCUT2D eigenvalue weighted by atomic mass is 10.1. The van der Waals surface area contributed by atoms with E-state index in [2.05, 4.69) is 10.8 Å². The van der Waals surface area contributed by atoms with Crippen molar-refractivity contribution in [3.05, 3.63) is 28.5 Å². The van der Waals surface area contributed by atoms with E-state index in [1.54, 1.807) is 0 Å². The van der Waals surface area contributed by atoms with Crippen LogP contribution in [-0.2, 0) is 0 Å². The molecule has 3 aliphatic heterocycles. The molecule has 1 fully saturated rings. The number of alkyl halides is 5. The van der Waals surface area contributed by atoms with Crippen LogP contribution in [0.2, 0.25) is 0 Å². The molecule has 0 aromatic rings. The summed E-state index contributed by atoms with van der Waals surface area (Å²) in [6.07, 6.45) is -0.765. The number of thioether (sulfide) groups is 1. The molecule has 1 atom stereocenters. The summed E-state index contributed by atoms with van der Waals surface area (Å²) in [7, 11) is 1.25. The molecule has 0 N–H and O–H groups in total. The van der Waals surface area contributed by atoms with E-state index in [0.717, 1.165) is 9.91 Å². The molecule has 0 aromatic heterocycles. The lowest BCUT2D eigenvalue weighted by Gasteiger charge is -2.31. The monoisotopic (exact) mass is 379 g/mol. The van der Waals surface area contributed by atoms with Crippen LogP contribution in [0.25, 0.3) is 0 Å². The summed E-state index contributed by atoms with van der Waals surface area (Å²) in [6.45, 7) is 1.32. The number of hydrogen-bond acceptors (Lipinski definition) is 4. The maximum absolute atomic E-state index is 13.2. The van der Waals surface area contributed by atoms with E-state index < -0.39 is 17.8 Å². The van der Waals surface area contributed by atoms with E-state index in [9.17, 15) is 22.0 Å². The van der Waals surface area contributed by atoms with Crippen LogP contribution in [0.4, 0.5) is 22.0 Å². The highest BCUT2D eigenvalue weighted by atomic mass is 32.2. The largest absolute Gasteiger partial charge is 0.440 e. The fourth-order valence-corrected chi connectivity index (χ4v) is 4.21. The Morgan fingerprint density at radius 1 is 1.32 bits per heavy atom. The fourth-order valence-electron chi connectivity index (χ4n) is 2.97. The van der Waals surface area contributed by atoms with Gasteiger partial charge in [-0.1, -0.05) is 11.8 Å². The standard InChI is InChI=1S/C16H18F5N3S/c1-23-14(16(19,20)21)5-3-12(22-23)13-4-2-11(25-13)10-24-8-6-15(17,18)7-9-24/h2-3,13H,4,6-10H2,1H3. The van der Waals surface area contributed by atoms with Gasteiger partial charge in [-0.15, -0.1) is 11.8 Å². The van der Waals surface area contributed by atoms with Crippen LogP contribution in [0, 0.1) is 0 Å². The molecule has 0 aromatic carbocycles. The first-order valence-electron chi connectivity index (χ1n) is 7.96. The van der Waals surface area contributed by atoms with Crippen LogP contribution in [0.1, 0.15) is 19.3 Å². The number of likely N-dealkylation sites (tertiary alicyclic amines) is 1. The molecular weight excluding hydrogens is 361 g/mol. The van der Waals surface area contributed by atoms with Crippen LogP contribution in [0.5, 0.6) is 0 Å². The van der Waals surface area contributed by atoms with Gasteiger partial charge in [0.25, 0.3) is 5.92 Å². The summed E-state index contributed by atoms with van der Waals surface area (Å²) >= 11 is 1.53. The van der Waals surface area contributed by atoms with Gasteiger partial charge in [0.15, 0.2) is 5.70 Å². The average Bonchev–Trinajstić information content (AvgIpc) is 2.96. The van der Waals surface area contributed by atoms with Crippen molar-refractivity contribution < 1.29 is 22.0 Å². The zero-order valence-electron chi connectivity index (χ0n) is 13.6. The Kier molecular flexibility index (Phi) is 5.01. The normalized spacial score (nSPS) is 27.2. The molecule has 0 saturated carbocycles. The predicted octanol–water partition coefficient (Wildman–Crippen LogP) is 4.01. The molecule has 3 aliphatic rings. The third-order valence-electron chi connectivity index (χ3n) is 4.36. The van der Waals surface area contributed by atoms with E-state index in [0.29, 0.717) is 31.8 Å². The van der Waals surface area contributed by atoms with Gasteiger partial charge in [-0.2, -0.15) is 18.3 Å². The summed E-state index contributed by atoms with van der Waals surface area (Å²) in [6, 6.07) is 0. The second-order valence-electron chi connectivity index (χ2n) is 6.33. The van der Waals surface area contributed by atoms with Gasteiger partial charge in [-0.3, -0.25) is 9.91 Å². The van der Waals surface area contributed by atoms with Crippen LogP contribution in [0.3, 0.4) is 0 Å². The molecule has 0 amide bonds. The predicted molar refractivity (Wildman–Crippen MR) is 87.5 cm³/mol. The number of nitrogens with zero attached hydrogens (tertiary/aromatic N) is 3. The van der Waals surface area contributed by atoms with E-state index >= 15 is 0 Å². The van der Waals surface area contributed by atoms with Crippen molar-refractivity contribution in [2.45, 2.75) is 36.6 Å². The maximum atomic E-state index is 13.2. The van der Waals surface area contributed by atoms with Crippen molar-refractivity contribution >= 4 is 17.5 Å². The lowest BCUT2D eigenvalue weighted by Crippen LogP contribution is -2.39. The van der Waals surface area contributed by atoms with Crippen molar-refractivity contribution in [1.82, 2.24) is 9.91 Å². The van der Waals surface area contributed by atoms with Crippen LogP contribution >= 0.6 is 11.8 Å². The van der Waals surface area contributed by atoms with Crippen molar-refractivity contribution in [3.8, 4) is 0 Å².